The molecule has 1 aliphatic rings. The van der Waals surface area contributed by atoms with Crippen molar-refractivity contribution >= 4 is 47.0 Å². The molecular weight excluding hydrogens is 496 g/mol. The van der Waals surface area contributed by atoms with E-state index in [1.165, 1.54) is 0 Å². The first-order valence-electron chi connectivity index (χ1n) is 12.1. The van der Waals surface area contributed by atoms with E-state index in [4.69, 9.17) is 4.74 Å². The molecule has 0 atom stereocenters. The number of carbonyl (C=O) groups excluding carboxylic acids is 3. The number of hydrogen-bond acceptors (Lipinski definition) is 6. The van der Waals surface area contributed by atoms with Gasteiger partial charge in [-0.05, 0) is 60.0 Å². The van der Waals surface area contributed by atoms with Gasteiger partial charge in [0.15, 0.2) is 0 Å². The molecular formula is C26H31ClN6O4. The van der Waals surface area contributed by atoms with Crippen LogP contribution in [0.1, 0.15) is 31.7 Å². The fourth-order valence-corrected chi connectivity index (χ4v) is 4.20. The van der Waals surface area contributed by atoms with Crippen LogP contribution in [0.3, 0.4) is 0 Å². The summed E-state index contributed by atoms with van der Waals surface area (Å²) in [5.74, 6) is 0.587. The highest BCUT2D eigenvalue weighted by atomic mass is 35.5. The third-order valence-electron chi connectivity index (χ3n) is 5.96. The van der Waals surface area contributed by atoms with Gasteiger partial charge in [0.25, 0.3) is 0 Å². The van der Waals surface area contributed by atoms with Gasteiger partial charge in [-0.3, -0.25) is 15.1 Å². The summed E-state index contributed by atoms with van der Waals surface area (Å²) in [4.78, 5) is 46.2. The Morgan fingerprint density at radius 2 is 1.92 bits per heavy atom. The molecule has 0 aliphatic carbocycles. The van der Waals surface area contributed by atoms with Crippen molar-refractivity contribution < 1.29 is 19.1 Å². The maximum Gasteiger partial charge on any atom is 0.407 e. The minimum absolute atomic E-state index is 0. The zero-order valence-electron chi connectivity index (χ0n) is 20.7. The van der Waals surface area contributed by atoms with Crippen LogP contribution < -0.4 is 16.0 Å². The highest BCUT2D eigenvalue weighted by Gasteiger charge is 2.19. The molecule has 11 heteroatoms. The summed E-state index contributed by atoms with van der Waals surface area (Å²) in [5.41, 5.74) is 2.79. The molecule has 3 heterocycles. The zero-order valence-corrected chi connectivity index (χ0v) is 21.5. The molecule has 3 N–H and O–H groups in total. The molecule has 4 amide bonds. The second-order valence-corrected chi connectivity index (χ2v) is 8.44. The maximum atomic E-state index is 12.2. The van der Waals surface area contributed by atoms with E-state index in [-0.39, 0.29) is 37.5 Å². The fourth-order valence-electron chi connectivity index (χ4n) is 4.20. The molecule has 10 nitrogen and oxygen atoms in total. The number of rotatable bonds is 9. The van der Waals surface area contributed by atoms with Crippen LogP contribution in [0.2, 0.25) is 0 Å². The van der Waals surface area contributed by atoms with Gasteiger partial charge in [0.2, 0.25) is 5.91 Å². The molecule has 1 aliphatic heterocycles. The summed E-state index contributed by atoms with van der Waals surface area (Å²) >= 11 is 0. The van der Waals surface area contributed by atoms with Crippen LogP contribution in [-0.2, 0) is 16.1 Å². The highest BCUT2D eigenvalue weighted by Crippen LogP contribution is 2.31. The standard InChI is InChI=1S/C26H30N6O4.ClH/c1-2-28-25(34)31-23-15-21-20(18-8-10-27-11-9-18)7-6-19(22(21)17-29-23)16-30-26(35)36-14-4-13-32-12-3-5-24(32)33;/h6-11,15,17H,2-5,12-14,16H2,1H3,(H,30,35)(H2,28,29,31,34);1H. The van der Waals surface area contributed by atoms with E-state index in [1.807, 2.05) is 37.3 Å². The minimum atomic E-state index is -0.517. The highest BCUT2D eigenvalue weighted by molar-refractivity contribution is 6.00. The average molecular weight is 527 g/mol. The largest absolute Gasteiger partial charge is 0.449 e. The molecule has 196 valence electrons. The number of benzene rings is 1. The van der Waals surface area contributed by atoms with Crippen LogP contribution in [0.15, 0.2) is 48.9 Å². The van der Waals surface area contributed by atoms with E-state index in [9.17, 15) is 14.4 Å². The van der Waals surface area contributed by atoms with Crippen LogP contribution in [-0.4, -0.2) is 59.1 Å². The quantitative estimate of drug-likeness (QED) is 0.360. The van der Waals surface area contributed by atoms with E-state index in [0.717, 1.165) is 40.4 Å². The number of urea groups is 1. The SMILES string of the molecule is CCNC(=O)Nc1cc2c(-c3ccncc3)ccc(CNC(=O)OCCCN3CCCC3=O)c2cn1.Cl. The van der Waals surface area contributed by atoms with Gasteiger partial charge in [-0.15, -0.1) is 12.4 Å². The van der Waals surface area contributed by atoms with Crippen molar-refractivity contribution in [3.63, 3.8) is 0 Å². The number of fused-ring (bicyclic) bond motifs is 1. The van der Waals surface area contributed by atoms with Gasteiger partial charge in [0.05, 0.1) is 6.61 Å². The number of carbonyl (C=O) groups is 3. The number of amides is 4. The van der Waals surface area contributed by atoms with Crippen LogP contribution in [0.5, 0.6) is 0 Å². The zero-order chi connectivity index (χ0) is 25.3. The van der Waals surface area contributed by atoms with Gasteiger partial charge in [0, 0.05) is 56.6 Å². The van der Waals surface area contributed by atoms with Crippen molar-refractivity contribution in [1.29, 1.82) is 0 Å². The van der Waals surface area contributed by atoms with E-state index >= 15 is 0 Å². The lowest BCUT2D eigenvalue weighted by atomic mass is 9.96. The summed E-state index contributed by atoms with van der Waals surface area (Å²) in [6.45, 7) is 4.22. The van der Waals surface area contributed by atoms with E-state index in [0.29, 0.717) is 31.7 Å². The van der Waals surface area contributed by atoms with Crippen molar-refractivity contribution in [2.24, 2.45) is 0 Å². The Labute approximate surface area is 221 Å². The van der Waals surface area contributed by atoms with Crippen LogP contribution in [0.25, 0.3) is 21.9 Å². The Hall–Kier alpha value is -3.92. The van der Waals surface area contributed by atoms with Crippen LogP contribution >= 0.6 is 12.4 Å². The Morgan fingerprint density at radius 1 is 1.11 bits per heavy atom. The number of nitrogens with zero attached hydrogens (tertiary/aromatic N) is 3. The lowest BCUT2D eigenvalue weighted by Gasteiger charge is -2.15. The smallest absolute Gasteiger partial charge is 0.407 e. The Kier molecular flexibility index (Phi) is 10.0. The summed E-state index contributed by atoms with van der Waals surface area (Å²) in [7, 11) is 0. The normalized spacial score (nSPS) is 12.7. The summed E-state index contributed by atoms with van der Waals surface area (Å²) in [5, 5.41) is 9.96. The molecule has 3 aromatic rings. The van der Waals surface area contributed by atoms with E-state index < -0.39 is 6.09 Å². The fraction of sp³-hybridized carbons (Fsp3) is 0.346. The molecule has 4 rings (SSSR count). The van der Waals surface area contributed by atoms with Gasteiger partial charge in [-0.2, -0.15) is 0 Å². The van der Waals surface area contributed by atoms with Gasteiger partial charge in [-0.25, -0.2) is 14.6 Å². The number of anilines is 1. The lowest BCUT2D eigenvalue weighted by Crippen LogP contribution is -2.28. The van der Waals surface area contributed by atoms with Crippen molar-refractivity contribution in [3.05, 3.63) is 54.5 Å². The van der Waals surface area contributed by atoms with Gasteiger partial charge in [-0.1, -0.05) is 12.1 Å². The molecule has 1 aromatic carbocycles. The molecule has 0 saturated carbocycles. The molecule has 0 radical (unpaired) electrons. The second-order valence-electron chi connectivity index (χ2n) is 8.44. The number of aromatic nitrogens is 2. The predicted octanol–water partition coefficient (Wildman–Crippen LogP) is 4.10. The molecule has 1 fully saturated rings. The molecule has 2 aromatic heterocycles. The van der Waals surface area contributed by atoms with E-state index in [2.05, 4.69) is 25.9 Å². The topological polar surface area (TPSA) is 126 Å². The number of likely N-dealkylation sites (tertiary alicyclic amines) is 1. The number of ether oxygens (including phenoxy) is 1. The number of alkyl carbamates (subject to hydrolysis) is 1. The van der Waals surface area contributed by atoms with Crippen LogP contribution in [0.4, 0.5) is 15.4 Å². The summed E-state index contributed by atoms with van der Waals surface area (Å²) < 4.78 is 5.28. The van der Waals surface area contributed by atoms with Crippen LogP contribution in [0, 0.1) is 0 Å². The Morgan fingerprint density at radius 3 is 2.65 bits per heavy atom. The first kappa shape index (κ1) is 27.7. The summed E-state index contributed by atoms with van der Waals surface area (Å²) in [6, 6.07) is 9.24. The lowest BCUT2D eigenvalue weighted by molar-refractivity contribution is -0.127. The Bertz CT molecular complexity index is 1240. The number of halogens is 1. The number of hydrogen-bond donors (Lipinski definition) is 3. The van der Waals surface area contributed by atoms with Gasteiger partial charge in [0.1, 0.15) is 5.82 Å². The maximum absolute atomic E-state index is 12.2. The predicted molar refractivity (Wildman–Crippen MR) is 144 cm³/mol. The van der Waals surface area contributed by atoms with Crippen molar-refractivity contribution in [2.45, 2.75) is 32.7 Å². The van der Waals surface area contributed by atoms with Crippen molar-refractivity contribution in [3.8, 4) is 11.1 Å². The molecule has 0 bridgehead atoms. The minimum Gasteiger partial charge on any atom is -0.449 e. The monoisotopic (exact) mass is 526 g/mol. The first-order valence-corrected chi connectivity index (χ1v) is 12.1. The molecule has 37 heavy (non-hydrogen) atoms. The third kappa shape index (κ3) is 7.29. The number of nitrogens with one attached hydrogen (secondary N) is 3. The molecule has 1 saturated heterocycles. The molecule has 0 spiro atoms. The number of pyridine rings is 2. The Balaban J connectivity index is 0.00000380. The molecule has 0 unspecified atom stereocenters. The summed E-state index contributed by atoms with van der Waals surface area (Å²) in [6.07, 6.45) is 6.73. The van der Waals surface area contributed by atoms with Gasteiger partial charge < -0.3 is 20.3 Å². The average Bonchev–Trinajstić information content (AvgIpc) is 3.30. The third-order valence-corrected chi connectivity index (χ3v) is 5.96. The first-order chi connectivity index (χ1) is 17.5. The van der Waals surface area contributed by atoms with Crippen molar-refractivity contribution in [1.82, 2.24) is 25.5 Å². The van der Waals surface area contributed by atoms with Gasteiger partial charge >= 0.3 is 12.1 Å². The van der Waals surface area contributed by atoms with E-state index in [1.54, 1.807) is 23.5 Å². The second kappa shape index (κ2) is 13.4. The van der Waals surface area contributed by atoms with Crippen molar-refractivity contribution in [2.75, 3.05) is 31.6 Å².